The molecule has 0 spiro atoms. The first-order chi connectivity index (χ1) is 18.2. The van der Waals surface area contributed by atoms with E-state index in [0.717, 1.165) is 23.0 Å². The fraction of sp³-hybridized carbons (Fsp3) is 0.370. The SMILES string of the molecule is Cc1cc(Nc2cc(C)[nH]n2)nc(C2(O)CCC(C(=O)N[C@@H](C)c3ccc(-n4cc(F)cn4)nc3)CC2)c1. The van der Waals surface area contributed by atoms with Gasteiger partial charge >= 0.3 is 0 Å². The fourth-order valence-electron chi connectivity index (χ4n) is 4.83. The predicted molar refractivity (Wildman–Crippen MR) is 139 cm³/mol. The van der Waals surface area contributed by atoms with Crippen LogP contribution in [0, 0.1) is 25.6 Å². The van der Waals surface area contributed by atoms with Gasteiger partial charge in [0.15, 0.2) is 17.5 Å². The first kappa shape index (κ1) is 25.5. The highest BCUT2D eigenvalue weighted by Crippen LogP contribution is 2.40. The van der Waals surface area contributed by atoms with E-state index in [1.807, 2.05) is 45.0 Å². The zero-order valence-corrected chi connectivity index (χ0v) is 21.6. The predicted octanol–water partition coefficient (Wildman–Crippen LogP) is 4.14. The van der Waals surface area contributed by atoms with Crippen LogP contribution in [-0.4, -0.2) is 41.0 Å². The molecule has 0 aliphatic heterocycles. The molecule has 11 heteroatoms. The second-order valence-electron chi connectivity index (χ2n) is 10.1. The van der Waals surface area contributed by atoms with Crippen LogP contribution in [0.25, 0.3) is 5.82 Å². The molecule has 1 saturated carbocycles. The van der Waals surface area contributed by atoms with Gasteiger partial charge in [-0.2, -0.15) is 10.2 Å². The maximum atomic E-state index is 13.2. The summed E-state index contributed by atoms with van der Waals surface area (Å²) in [5.41, 5.74) is 2.24. The molecule has 4 aromatic heterocycles. The third-order valence-corrected chi connectivity index (χ3v) is 7.01. The Morgan fingerprint density at radius 3 is 2.61 bits per heavy atom. The summed E-state index contributed by atoms with van der Waals surface area (Å²) in [5, 5.41) is 28.7. The van der Waals surface area contributed by atoms with E-state index < -0.39 is 11.4 Å². The number of hydrogen-bond acceptors (Lipinski definition) is 7. The monoisotopic (exact) mass is 518 g/mol. The second-order valence-corrected chi connectivity index (χ2v) is 10.1. The molecule has 4 N–H and O–H groups in total. The second kappa shape index (κ2) is 10.3. The standard InChI is InChI=1S/C27H31FN8O2/c1-16-10-22(32-23(11-16)33-24-12-17(2)34-35-24)27(38)8-6-19(7-9-27)26(37)31-18(3)20-4-5-25(29-13-20)36-15-21(28)14-30-36/h4-5,10-15,18-19,38H,6-9H2,1-3H3,(H,31,37)(H2,32,33,34,35)/t18-,19?,27?/m0/s1. The van der Waals surface area contributed by atoms with Crippen molar-refractivity contribution in [3.63, 3.8) is 0 Å². The molecule has 5 rings (SSSR count). The van der Waals surface area contributed by atoms with Gasteiger partial charge in [-0.25, -0.2) is 19.0 Å². The Morgan fingerprint density at radius 1 is 1.18 bits per heavy atom. The van der Waals surface area contributed by atoms with E-state index in [1.165, 1.54) is 10.9 Å². The molecule has 4 heterocycles. The van der Waals surface area contributed by atoms with Gasteiger partial charge in [0.25, 0.3) is 0 Å². The number of aromatic amines is 1. The average molecular weight is 519 g/mol. The maximum Gasteiger partial charge on any atom is 0.223 e. The van der Waals surface area contributed by atoms with Gasteiger partial charge in [-0.15, -0.1) is 0 Å². The molecule has 0 bridgehead atoms. The molecule has 1 amide bonds. The summed E-state index contributed by atoms with van der Waals surface area (Å²) in [6.07, 6.45) is 6.00. The fourth-order valence-corrected chi connectivity index (χ4v) is 4.83. The van der Waals surface area contributed by atoms with E-state index >= 15 is 0 Å². The summed E-state index contributed by atoms with van der Waals surface area (Å²) < 4.78 is 14.6. The van der Waals surface area contributed by atoms with Gasteiger partial charge in [0, 0.05) is 23.9 Å². The van der Waals surface area contributed by atoms with Gasteiger partial charge in [0.05, 0.1) is 24.1 Å². The number of amides is 1. The Labute approximate surface area is 219 Å². The van der Waals surface area contributed by atoms with E-state index in [0.29, 0.717) is 48.8 Å². The van der Waals surface area contributed by atoms with Gasteiger partial charge in [-0.1, -0.05) is 6.07 Å². The largest absolute Gasteiger partial charge is 0.384 e. The highest BCUT2D eigenvalue weighted by molar-refractivity contribution is 5.79. The number of aryl methyl sites for hydroxylation is 2. The van der Waals surface area contributed by atoms with Gasteiger partial charge in [-0.05, 0) is 75.8 Å². The van der Waals surface area contributed by atoms with Crippen molar-refractivity contribution in [2.45, 2.75) is 58.1 Å². The number of H-pyrrole nitrogens is 1. The summed E-state index contributed by atoms with van der Waals surface area (Å²) in [7, 11) is 0. The molecule has 0 unspecified atom stereocenters. The first-order valence-corrected chi connectivity index (χ1v) is 12.7. The van der Waals surface area contributed by atoms with Crippen molar-refractivity contribution in [1.29, 1.82) is 0 Å². The molecule has 1 aliphatic carbocycles. The van der Waals surface area contributed by atoms with E-state index in [4.69, 9.17) is 0 Å². The minimum Gasteiger partial charge on any atom is -0.384 e. The van der Waals surface area contributed by atoms with Gasteiger partial charge in [0.1, 0.15) is 11.4 Å². The normalized spacial score (nSPS) is 20.2. The molecule has 1 aliphatic rings. The van der Waals surface area contributed by atoms with Crippen molar-refractivity contribution in [3.8, 4) is 5.82 Å². The third kappa shape index (κ3) is 5.57. The molecule has 0 radical (unpaired) electrons. The lowest BCUT2D eigenvalue weighted by Gasteiger charge is -2.35. The van der Waals surface area contributed by atoms with Crippen molar-refractivity contribution in [1.82, 2.24) is 35.3 Å². The molecule has 4 aromatic rings. The summed E-state index contributed by atoms with van der Waals surface area (Å²) in [4.78, 5) is 22.0. The van der Waals surface area contributed by atoms with Crippen molar-refractivity contribution >= 4 is 17.5 Å². The maximum absolute atomic E-state index is 13.2. The van der Waals surface area contributed by atoms with Crippen LogP contribution in [0.3, 0.4) is 0 Å². The number of pyridine rings is 2. The first-order valence-electron chi connectivity index (χ1n) is 12.7. The summed E-state index contributed by atoms with van der Waals surface area (Å²) in [6, 6.07) is 9.01. The number of hydrogen-bond donors (Lipinski definition) is 4. The van der Waals surface area contributed by atoms with Crippen LogP contribution in [0.2, 0.25) is 0 Å². The summed E-state index contributed by atoms with van der Waals surface area (Å²) in [5.74, 6) is 1.08. The molecule has 0 saturated heterocycles. The van der Waals surface area contributed by atoms with Crippen molar-refractivity contribution in [3.05, 3.63) is 77.3 Å². The van der Waals surface area contributed by atoms with Crippen molar-refractivity contribution in [2.75, 3.05) is 5.32 Å². The Kier molecular flexibility index (Phi) is 6.94. The van der Waals surface area contributed by atoms with Crippen LogP contribution in [0.15, 0.2) is 48.9 Å². The van der Waals surface area contributed by atoms with Gasteiger partial charge in [-0.3, -0.25) is 9.89 Å². The number of anilines is 2. The number of aliphatic hydroxyl groups is 1. The third-order valence-electron chi connectivity index (χ3n) is 7.01. The molecule has 0 aromatic carbocycles. The minimum atomic E-state index is -1.10. The Morgan fingerprint density at radius 2 is 1.97 bits per heavy atom. The van der Waals surface area contributed by atoms with Crippen LogP contribution < -0.4 is 10.6 Å². The summed E-state index contributed by atoms with van der Waals surface area (Å²) in [6.45, 7) is 5.78. The summed E-state index contributed by atoms with van der Waals surface area (Å²) >= 11 is 0. The van der Waals surface area contributed by atoms with Gasteiger partial charge in [0.2, 0.25) is 5.91 Å². The van der Waals surface area contributed by atoms with Crippen LogP contribution in [0.1, 0.15) is 61.2 Å². The molecular formula is C27H31FN8O2. The van der Waals surface area contributed by atoms with E-state index in [2.05, 4.69) is 35.9 Å². The van der Waals surface area contributed by atoms with Crippen molar-refractivity contribution < 1.29 is 14.3 Å². The van der Waals surface area contributed by atoms with E-state index in [1.54, 1.807) is 12.3 Å². The zero-order chi connectivity index (χ0) is 26.9. The van der Waals surface area contributed by atoms with Crippen LogP contribution in [0.5, 0.6) is 0 Å². The van der Waals surface area contributed by atoms with Crippen molar-refractivity contribution in [2.24, 2.45) is 5.92 Å². The van der Waals surface area contributed by atoms with E-state index in [-0.39, 0.29) is 17.9 Å². The molecule has 198 valence electrons. The number of aromatic nitrogens is 6. The lowest BCUT2D eigenvalue weighted by molar-refractivity contribution is -0.128. The molecule has 38 heavy (non-hydrogen) atoms. The topological polar surface area (TPSA) is 134 Å². The Hall–Kier alpha value is -4.12. The number of nitrogens with one attached hydrogen (secondary N) is 3. The highest BCUT2D eigenvalue weighted by atomic mass is 19.1. The van der Waals surface area contributed by atoms with Crippen LogP contribution >= 0.6 is 0 Å². The number of rotatable bonds is 7. The van der Waals surface area contributed by atoms with E-state index in [9.17, 15) is 14.3 Å². The Balaban J connectivity index is 1.19. The molecule has 1 fully saturated rings. The number of carbonyl (C=O) groups excluding carboxylic acids is 1. The lowest BCUT2D eigenvalue weighted by Crippen LogP contribution is -2.39. The molecule has 10 nitrogen and oxygen atoms in total. The lowest BCUT2D eigenvalue weighted by atomic mass is 9.76. The smallest absolute Gasteiger partial charge is 0.223 e. The van der Waals surface area contributed by atoms with Crippen LogP contribution in [0.4, 0.5) is 16.0 Å². The molecular weight excluding hydrogens is 487 g/mol. The number of carbonyl (C=O) groups is 1. The minimum absolute atomic E-state index is 0.0498. The average Bonchev–Trinajstić information content (AvgIpc) is 3.51. The zero-order valence-electron chi connectivity index (χ0n) is 21.6. The quantitative estimate of drug-likeness (QED) is 0.289. The number of nitrogens with zero attached hydrogens (tertiary/aromatic N) is 5. The Bertz CT molecular complexity index is 1420. The van der Waals surface area contributed by atoms with Crippen LogP contribution in [-0.2, 0) is 10.4 Å². The number of halogens is 1. The van der Waals surface area contributed by atoms with Gasteiger partial charge < -0.3 is 15.7 Å². The molecule has 1 atom stereocenters. The highest BCUT2D eigenvalue weighted by Gasteiger charge is 2.38.